The number of hydrogen-bond acceptors (Lipinski definition) is 2. The molecule has 0 unspecified atom stereocenters. The zero-order valence-electron chi connectivity index (χ0n) is 13.3. The SMILES string of the molecule is CCNC(=NCC1CC1)NCCNC(=O)c1ccc(Cl)cc1.I. The van der Waals surface area contributed by atoms with Crippen LogP contribution in [0.2, 0.25) is 5.02 Å². The molecule has 1 aliphatic carbocycles. The van der Waals surface area contributed by atoms with E-state index in [2.05, 4.69) is 20.9 Å². The lowest BCUT2D eigenvalue weighted by Crippen LogP contribution is -2.41. The summed E-state index contributed by atoms with van der Waals surface area (Å²) >= 11 is 5.80. The Hall–Kier alpha value is -1.02. The average molecular weight is 451 g/mol. The van der Waals surface area contributed by atoms with Crippen molar-refractivity contribution in [2.75, 3.05) is 26.2 Å². The van der Waals surface area contributed by atoms with E-state index in [1.54, 1.807) is 24.3 Å². The van der Waals surface area contributed by atoms with Gasteiger partial charge in [0, 0.05) is 36.8 Å². The van der Waals surface area contributed by atoms with E-state index in [4.69, 9.17) is 11.6 Å². The number of nitrogens with one attached hydrogen (secondary N) is 3. The van der Waals surface area contributed by atoms with Crippen LogP contribution in [0, 0.1) is 5.92 Å². The lowest BCUT2D eigenvalue weighted by atomic mass is 10.2. The quantitative estimate of drug-likeness (QED) is 0.259. The largest absolute Gasteiger partial charge is 0.357 e. The minimum atomic E-state index is -0.0987. The number of benzene rings is 1. The van der Waals surface area contributed by atoms with Gasteiger partial charge in [-0.05, 0) is 49.9 Å². The third-order valence-electron chi connectivity index (χ3n) is 3.36. The van der Waals surface area contributed by atoms with Crippen LogP contribution in [-0.2, 0) is 0 Å². The van der Waals surface area contributed by atoms with Crippen LogP contribution in [0.15, 0.2) is 29.3 Å². The van der Waals surface area contributed by atoms with Crippen LogP contribution in [0.1, 0.15) is 30.1 Å². The first-order valence-corrected chi connectivity index (χ1v) is 8.12. The molecule has 1 amide bonds. The summed E-state index contributed by atoms with van der Waals surface area (Å²) < 4.78 is 0. The van der Waals surface area contributed by atoms with Gasteiger partial charge in [0.2, 0.25) is 0 Å². The number of carbonyl (C=O) groups excluding carboxylic acids is 1. The van der Waals surface area contributed by atoms with Gasteiger partial charge in [0.1, 0.15) is 0 Å². The second-order valence-electron chi connectivity index (χ2n) is 5.35. The molecule has 0 saturated heterocycles. The highest BCUT2D eigenvalue weighted by Gasteiger charge is 2.20. The van der Waals surface area contributed by atoms with Crippen molar-refractivity contribution in [3.05, 3.63) is 34.9 Å². The molecular weight excluding hydrogens is 427 g/mol. The summed E-state index contributed by atoms with van der Waals surface area (Å²) in [4.78, 5) is 16.4. The maximum absolute atomic E-state index is 11.9. The van der Waals surface area contributed by atoms with Crippen LogP contribution >= 0.6 is 35.6 Å². The predicted molar refractivity (Wildman–Crippen MR) is 106 cm³/mol. The minimum Gasteiger partial charge on any atom is -0.357 e. The van der Waals surface area contributed by atoms with Gasteiger partial charge in [-0.3, -0.25) is 9.79 Å². The molecule has 0 bridgehead atoms. The van der Waals surface area contributed by atoms with Gasteiger partial charge >= 0.3 is 0 Å². The first kappa shape index (κ1) is 20.0. The summed E-state index contributed by atoms with van der Waals surface area (Å²) in [6, 6.07) is 6.85. The smallest absolute Gasteiger partial charge is 0.251 e. The summed E-state index contributed by atoms with van der Waals surface area (Å²) in [5.41, 5.74) is 0.610. The number of amides is 1. The van der Waals surface area contributed by atoms with Crippen molar-refractivity contribution in [3.63, 3.8) is 0 Å². The van der Waals surface area contributed by atoms with Crippen LogP contribution in [0.5, 0.6) is 0 Å². The Morgan fingerprint density at radius 1 is 1.17 bits per heavy atom. The molecule has 1 saturated carbocycles. The molecule has 0 atom stereocenters. The Morgan fingerprint density at radius 2 is 1.83 bits per heavy atom. The standard InChI is InChI=1S/C16H23ClN4O.HI/c1-2-18-16(21-11-12-3-4-12)20-10-9-19-15(22)13-5-7-14(17)8-6-13;/h5-8,12H,2-4,9-11H2,1H3,(H,19,22)(H2,18,20,21);1H. The molecule has 1 aromatic rings. The van der Waals surface area contributed by atoms with Gasteiger partial charge in [-0.15, -0.1) is 24.0 Å². The van der Waals surface area contributed by atoms with Crippen molar-refractivity contribution in [2.45, 2.75) is 19.8 Å². The normalized spacial score (nSPS) is 13.9. The highest BCUT2D eigenvalue weighted by Crippen LogP contribution is 2.28. The summed E-state index contributed by atoms with van der Waals surface area (Å²) in [7, 11) is 0. The van der Waals surface area contributed by atoms with E-state index < -0.39 is 0 Å². The molecule has 128 valence electrons. The Morgan fingerprint density at radius 3 is 2.43 bits per heavy atom. The fraction of sp³-hybridized carbons (Fsp3) is 0.500. The highest BCUT2D eigenvalue weighted by atomic mass is 127. The molecule has 0 aromatic heterocycles. The monoisotopic (exact) mass is 450 g/mol. The van der Waals surface area contributed by atoms with Crippen molar-refractivity contribution >= 4 is 47.4 Å². The van der Waals surface area contributed by atoms with Crippen LogP contribution in [0.3, 0.4) is 0 Å². The first-order chi connectivity index (χ1) is 10.7. The highest BCUT2D eigenvalue weighted by molar-refractivity contribution is 14.0. The van der Waals surface area contributed by atoms with Crippen molar-refractivity contribution in [3.8, 4) is 0 Å². The Kier molecular flexibility index (Phi) is 9.31. The number of hydrogen-bond donors (Lipinski definition) is 3. The summed E-state index contributed by atoms with van der Waals surface area (Å²) in [6.45, 7) is 4.92. The molecule has 1 fully saturated rings. The molecule has 2 rings (SSSR count). The van der Waals surface area contributed by atoms with Crippen LogP contribution in [0.25, 0.3) is 0 Å². The Bertz CT molecular complexity index is 517. The van der Waals surface area contributed by atoms with E-state index in [0.717, 1.165) is 25.0 Å². The number of carbonyl (C=O) groups is 1. The zero-order chi connectivity index (χ0) is 15.8. The van der Waals surface area contributed by atoms with E-state index >= 15 is 0 Å². The van der Waals surface area contributed by atoms with Gasteiger partial charge < -0.3 is 16.0 Å². The topological polar surface area (TPSA) is 65.5 Å². The Labute approximate surface area is 159 Å². The Balaban J connectivity index is 0.00000264. The van der Waals surface area contributed by atoms with E-state index in [1.165, 1.54) is 12.8 Å². The lowest BCUT2D eigenvalue weighted by Gasteiger charge is -2.11. The maximum atomic E-state index is 11.9. The minimum absolute atomic E-state index is 0. The summed E-state index contributed by atoms with van der Waals surface area (Å²) in [6.07, 6.45) is 2.58. The molecule has 0 aliphatic heterocycles. The molecule has 23 heavy (non-hydrogen) atoms. The average Bonchev–Trinajstić information content (AvgIpc) is 3.33. The van der Waals surface area contributed by atoms with E-state index in [0.29, 0.717) is 23.7 Å². The third-order valence-corrected chi connectivity index (χ3v) is 3.61. The summed E-state index contributed by atoms with van der Waals surface area (Å²) in [5, 5.41) is 9.92. The molecule has 7 heteroatoms. The van der Waals surface area contributed by atoms with Crippen molar-refractivity contribution in [1.29, 1.82) is 0 Å². The zero-order valence-corrected chi connectivity index (χ0v) is 16.4. The summed E-state index contributed by atoms with van der Waals surface area (Å²) in [5.74, 6) is 1.48. The van der Waals surface area contributed by atoms with E-state index in [9.17, 15) is 4.79 Å². The lowest BCUT2D eigenvalue weighted by molar-refractivity contribution is 0.0954. The second kappa shape index (κ2) is 10.7. The molecule has 5 nitrogen and oxygen atoms in total. The third kappa shape index (κ3) is 7.87. The van der Waals surface area contributed by atoms with Crippen LogP contribution in [-0.4, -0.2) is 38.0 Å². The fourth-order valence-electron chi connectivity index (χ4n) is 1.92. The van der Waals surface area contributed by atoms with E-state index in [1.807, 2.05) is 6.92 Å². The molecule has 0 heterocycles. The molecule has 1 aromatic carbocycles. The van der Waals surface area contributed by atoms with Gasteiger partial charge in [0.25, 0.3) is 5.91 Å². The van der Waals surface area contributed by atoms with Crippen LogP contribution < -0.4 is 16.0 Å². The number of halogens is 2. The van der Waals surface area contributed by atoms with Crippen molar-refractivity contribution in [1.82, 2.24) is 16.0 Å². The number of guanidine groups is 1. The second-order valence-corrected chi connectivity index (χ2v) is 5.79. The maximum Gasteiger partial charge on any atom is 0.251 e. The van der Waals surface area contributed by atoms with Crippen molar-refractivity contribution in [2.24, 2.45) is 10.9 Å². The number of nitrogens with zero attached hydrogens (tertiary/aromatic N) is 1. The molecule has 3 N–H and O–H groups in total. The predicted octanol–water partition coefficient (Wildman–Crippen LogP) is 2.65. The number of aliphatic imine (C=N–C) groups is 1. The van der Waals surface area contributed by atoms with Gasteiger partial charge in [0.05, 0.1) is 0 Å². The molecule has 0 radical (unpaired) electrons. The van der Waals surface area contributed by atoms with Gasteiger partial charge in [-0.2, -0.15) is 0 Å². The molecule has 1 aliphatic rings. The van der Waals surface area contributed by atoms with Gasteiger partial charge in [0.15, 0.2) is 5.96 Å². The number of rotatable bonds is 7. The van der Waals surface area contributed by atoms with Gasteiger partial charge in [-0.1, -0.05) is 11.6 Å². The first-order valence-electron chi connectivity index (χ1n) is 7.75. The molecular formula is C16H24ClIN4O. The van der Waals surface area contributed by atoms with Crippen LogP contribution in [0.4, 0.5) is 0 Å². The van der Waals surface area contributed by atoms with E-state index in [-0.39, 0.29) is 29.9 Å². The fourth-order valence-corrected chi connectivity index (χ4v) is 2.05. The van der Waals surface area contributed by atoms with Crippen molar-refractivity contribution < 1.29 is 4.79 Å². The molecule has 0 spiro atoms. The van der Waals surface area contributed by atoms with Gasteiger partial charge in [-0.25, -0.2) is 0 Å².